The molecule has 6 heteroatoms. The minimum Gasteiger partial charge on any atom is -0.372 e. The molecule has 2 aliphatic heterocycles. The molecule has 3 aromatic rings. The lowest BCUT2D eigenvalue weighted by molar-refractivity contribution is 0.0665. The minimum absolute atomic E-state index is 0.0615. The molecule has 2 aromatic heterocycles. The highest BCUT2D eigenvalue weighted by Crippen LogP contribution is 2.43. The van der Waals surface area contributed by atoms with E-state index in [4.69, 9.17) is 0 Å². The highest BCUT2D eigenvalue weighted by atomic mass is 16.2. The standard InChI is InChI=1S/C20H21N5O/c1-23-17(8-11-21-23)19(26)24-13-9-20(10-14-24)18-7-4-12-25(18)16-6-3-2-5-15(16)22-20/h2-8,11-12,22H,9-10,13-14H2,1H3. The summed E-state index contributed by atoms with van der Waals surface area (Å²) in [6.07, 6.45) is 5.57. The molecule has 1 spiro atoms. The van der Waals surface area contributed by atoms with Crippen LogP contribution in [0.3, 0.4) is 0 Å². The summed E-state index contributed by atoms with van der Waals surface area (Å²) in [5.41, 5.74) is 4.14. The summed E-state index contributed by atoms with van der Waals surface area (Å²) in [6, 6.07) is 14.5. The summed E-state index contributed by atoms with van der Waals surface area (Å²) in [6.45, 7) is 1.45. The molecule has 0 saturated carbocycles. The number of hydrogen-bond acceptors (Lipinski definition) is 3. The first-order chi connectivity index (χ1) is 12.7. The predicted molar refractivity (Wildman–Crippen MR) is 99.4 cm³/mol. The summed E-state index contributed by atoms with van der Waals surface area (Å²) in [4.78, 5) is 14.7. The number of nitrogens with zero attached hydrogens (tertiary/aromatic N) is 4. The molecule has 1 amide bonds. The SMILES string of the molecule is Cn1nccc1C(=O)N1CCC2(CC1)Nc1ccccc1-n1cccc12. The van der Waals surface area contributed by atoms with Gasteiger partial charge in [0.05, 0.1) is 16.9 Å². The van der Waals surface area contributed by atoms with Crippen LogP contribution in [0, 0.1) is 0 Å². The van der Waals surface area contributed by atoms with Crippen LogP contribution in [-0.4, -0.2) is 38.2 Å². The summed E-state index contributed by atoms with van der Waals surface area (Å²) in [5, 5.41) is 7.90. The van der Waals surface area contributed by atoms with Gasteiger partial charge < -0.3 is 14.8 Å². The van der Waals surface area contributed by atoms with E-state index in [1.54, 1.807) is 16.9 Å². The van der Waals surface area contributed by atoms with E-state index in [1.165, 1.54) is 11.4 Å². The molecule has 1 N–H and O–H groups in total. The van der Waals surface area contributed by atoms with Crippen molar-refractivity contribution in [3.8, 4) is 5.69 Å². The molecular weight excluding hydrogens is 326 g/mol. The Morgan fingerprint density at radius 3 is 2.69 bits per heavy atom. The lowest BCUT2D eigenvalue weighted by atomic mass is 9.82. The smallest absolute Gasteiger partial charge is 0.272 e. The van der Waals surface area contributed by atoms with Gasteiger partial charge in [-0.15, -0.1) is 0 Å². The zero-order valence-electron chi connectivity index (χ0n) is 14.7. The lowest BCUT2D eigenvalue weighted by Crippen LogP contribution is -2.51. The van der Waals surface area contributed by atoms with Gasteiger partial charge in [0, 0.05) is 38.2 Å². The van der Waals surface area contributed by atoms with Crippen LogP contribution < -0.4 is 5.32 Å². The van der Waals surface area contributed by atoms with Crippen LogP contribution in [0.2, 0.25) is 0 Å². The first-order valence-corrected chi connectivity index (χ1v) is 9.01. The maximum Gasteiger partial charge on any atom is 0.272 e. The number of likely N-dealkylation sites (tertiary alicyclic amines) is 1. The Kier molecular flexibility index (Phi) is 3.22. The molecule has 1 saturated heterocycles. The largest absolute Gasteiger partial charge is 0.372 e. The van der Waals surface area contributed by atoms with E-state index in [0.29, 0.717) is 5.69 Å². The molecule has 1 aromatic carbocycles. The highest BCUT2D eigenvalue weighted by Gasteiger charge is 2.42. The molecule has 26 heavy (non-hydrogen) atoms. The predicted octanol–water partition coefficient (Wildman–Crippen LogP) is 2.77. The number of amides is 1. The average Bonchev–Trinajstić information content (AvgIpc) is 3.32. The van der Waals surface area contributed by atoms with Gasteiger partial charge in [-0.2, -0.15) is 5.10 Å². The van der Waals surface area contributed by atoms with Crippen molar-refractivity contribution < 1.29 is 4.79 Å². The Hall–Kier alpha value is -3.02. The van der Waals surface area contributed by atoms with E-state index in [1.807, 2.05) is 11.9 Å². The third kappa shape index (κ3) is 2.11. The van der Waals surface area contributed by atoms with Gasteiger partial charge in [0.2, 0.25) is 0 Å². The van der Waals surface area contributed by atoms with Gasteiger partial charge in [0.15, 0.2) is 0 Å². The van der Waals surface area contributed by atoms with Crippen LogP contribution in [0.15, 0.2) is 54.9 Å². The van der Waals surface area contributed by atoms with Crippen LogP contribution in [0.1, 0.15) is 29.0 Å². The quantitative estimate of drug-likeness (QED) is 0.736. The molecule has 0 radical (unpaired) electrons. The van der Waals surface area contributed by atoms with Crippen LogP contribution in [0.5, 0.6) is 0 Å². The number of rotatable bonds is 1. The Balaban J connectivity index is 1.43. The van der Waals surface area contributed by atoms with E-state index < -0.39 is 0 Å². The molecule has 0 bridgehead atoms. The Morgan fingerprint density at radius 2 is 1.92 bits per heavy atom. The number of benzene rings is 1. The van der Waals surface area contributed by atoms with E-state index in [2.05, 4.69) is 57.6 Å². The fourth-order valence-corrected chi connectivity index (χ4v) is 4.31. The lowest BCUT2D eigenvalue weighted by Gasteiger charge is -2.46. The third-order valence-electron chi connectivity index (χ3n) is 5.72. The maximum absolute atomic E-state index is 12.8. The monoisotopic (exact) mass is 347 g/mol. The molecule has 132 valence electrons. The third-order valence-corrected chi connectivity index (χ3v) is 5.72. The first-order valence-electron chi connectivity index (χ1n) is 9.01. The van der Waals surface area contributed by atoms with E-state index in [9.17, 15) is 4.79 Å². The second-order valence-electron chi connectivity index (χ2n) is 7.12. The van der Waals surface area contributed by atoms with Gasteiger partial charge >= 0.3 is 0 Å². The number of anilines is 1. The zero-order valence-corrected chi connectivity index (χ0v) is 14.7. The average molecular weight is 347 g/mol. The van der Waals surface area contributed by atoms with E-state index in [-0.39, 0.29) is 11.4 Å². The van der Waals surface area contributed by atoms with Crippen LogP contribution in [0.25, 0.3) is 5.69 Å². The Bertz CT molecular complexity index is 978. The fraction of sp³-hybridized carbons (Fsp3) is 0.300. The van der Waals surface area contributed by atoms with Crippen molar-refractivity contribution in [2.24, 2.45) is 7.05 Å². The molecule has 0 atom stereocenters. The Labute approximate surface area is 152 Å². The Morgan fingerprint density at radius 1 is 1.12 bits per heavy atom. The summed E-state index contributed by atoms with van der Waals surface area (Å²) in [5.74, 6) is 0.0615. The van der Waals surface area contributed by atoms with E-state index >= 15 is 0 Å². The van der Waals surface area contributed by atoms with Gasteiger partial charge in [-0.05, 0) is 43.2 Å². The summed E-state index contributed by atoms with van der Waals surface area (Å²) >= 11 is 0. The van der Waals surface area contributed by atoms with Crippen molar-refractivity contribution in [3.63, 3.8) is 0 Å². The number of nitrogens with one attached hydrogen (secondary N) is 1. The fourth-order valence-electron chi connectivity index (χ4n) is 4.31. The number of para-hydroxylation sites is 2. The van der Waals surface area contributed by atoms with Crippen molar-refractivity contribution in [3.05, 3.63) is 66.2 Å². The van der Waals surface area contributed by atoms with Gasteiger partial charge in [-0.3, -0.25) is 9.48 Å². The number of hydrogen-bond donors (Lipinski definition) is 1. The van der Waals surface area contributed by atoms with Crippen molar-refractivity contribution >= 4 is 11.6 Å². The van der Waals surface area contributed by atoms with Crippen molar-refractivity contribution in [1.82, 2.24) is 19.2 Å². The summed E-state index contributed by atoms with van der Waals surface area (Å²) in [7, 11) is 1.81. The normalized spacial score (nSPS) is 17.5. The number of aryl methyl sites for hydroxylation is 1. The van der Waals surface area contributed by atoms with Crippen LogP contribution in [0.4, 0.5) is 5.69 Å². The van der Waals surface area contributed by atoms with Crippen LogP contribution in [-0.2, 0) is 12.6 Å². The molecule has 1 fully saturated rings. The van der Waals surface area contributed by atoms with Gasteiger partial charge in [0.1, 0.15) is 5.69 Å². The van der Waals surface area contributed by atoms with Gasteiger partial charge in [-0.25, -0.2) is 0 Å². The minimum atomic E-state index is -0.124. The highest BCUT2D eigenvalue weighted by molar-refractivity contribution is 5.92. The maximum atomic E-state index is 12.8. The molecular formula is C20H21N5O. The van der Waals surface area contributed by atoms with Gasteiger partial charge in [-0.1, -0.05) is 12.1 Å². The molecule has 6 nitrogen and oxygen atoms in total. The molecule has 0 unspecified atom stereocenters. The topological polar surface area (TPSA) is 55.1 Å². The van der Waals surface area contributed by atoms with Crippen LogP contribution >= 0.6 is 0 Å². The number of piperidine rings is 1. The van der Waals surface area contributed by atoms with E-state index in [0.717, 1.165) is 31.6 Å². The van der Waals surface area contributed by atoms with Crippen molar-refractivity contribution in [2.45, 2.75) is 18.4 Å². The number of fused-ring (bicyclic) bond motifs is 4. The van der Waals surface area contributed by atoms with Gasteiger partial charge in [0.25, 0.3) is 5.91 Å². The van der Waals surface area contributed by atoms with Crippen molar-refractivity contribution in [2.75, 3.05) is 18.4 Å². The zero-order chi connectivity index (χ0) is 17.7. The molecule has 2 aliphatic rings. The number of carbonyl (C=O) groups is 1. The molecule has 5 rings (SSSR count). The van der Waals surface area contributed by atoms with Crippen molar-refractivity contribution in [1.29, 1.82) is 0 Å². The molecule has 4 heterocycles. The summed E-state index contributed by atoms with van der Waals surface area (Å²) < 4.78 is 3.93. The number of aromatic nitrogens is 3. The second kappa shape index (κ2) is 5.49. The number of carbonyl (C=O) groups excluding carboxylic acids is 1. The molecule has 0 aliphatic carbocycles. The first kappa shape index (κ1) is 15.3. The second-order valence-corrected chi connectivity index (χ2v) is 7.12.